The van der Waals surface area contributed by atoms with Gasteiger partial charge in [0.15, 0.2) is 16.9 Å². The Morgan fingerprint density at radius 1 is 0.329 bits per heavy atom. The second-order valence-corrected chi connectivity index (χ2v) is 17.4. The summed E-state index contributed by atoms with van der Waals surface area (Å²) in [6.07, 6.45) is -50.7. The third-order valence-corrected chi connectivity index (χ3v) is 10.8. The highest BCUT2D eigenvalue weighted by atomic mass is 32.2. The van der Waals surface area contributed by atoms with Gasteiger partial charge in [-0.15, -0.1) is 0 Å². The van der Waals surface area contributed by atoms with Crippen LogP contribution in [0.5, 0.6) is 5.75 Å². The van der Waals surface area contributed by atoms with Crippen LogP contribution in [0.25, 0.3) is 0 Å². The van der Waals surface area contributed by atoms with E-state index in [1.165, 1.54) is 5.56 Å². The maximum Gasteiger partial charge on any atom is 0.416 e. The zero-order valence-electron chi connectivity index (χ0n) is 35.3. The van der Waals surface area contributed by atoms with Gasteiger partial charge in [-0.2, -0.15) is 127 Å². The van der Waals surface area contributed by atoms with Crippen LogP contribution in [0.1, 0.15) is 69.8 Å². The molecule has 0 aliphatic rings. The Balaban J connectivity index is 0.000000707. The third-order valence-electron chi connectivity index (χ3n) is 10.2. The first-order valence-electron chi connectivity index (χ1n) is 19.1. The van der Waals surface area contributed by atoms with Gasteiger partial charge in [-0.3, -0.25) is 4.18 Å². The monoisotopic (exact) mass is 1060 g/mol. The summed E-state index contributed by atoms with van der Waals surface area (Å²) in [4.78, 5) is 0. The minimum atomic E-state index is -6.13. The van der Waals surface area contributed by atoms with E-state index in [9.17, 15) is 105 Å². The van der Waals surface area contributed by atoms with Gasteiger partial charge in [0.25, 0.3) is 0 Å². The van der Waals surface area contributed by atoms with Crippen LogP contribution in [-0.4, -0.2) is 18.7 Å². The maximum atomic E-state index is 14.2. The second kappa shape index (κ2) is 19.3. The molecular weight excluding hydrogens is 1030 g/mol. The molecule has 0 unspecified atom stereocenters. The molecule has 5 aromatic rings. The van der Waals surface area contributed by atoms with Gasteiger partial charge >= 0.3 is 49.4 Å². The van der Waals surface area contributed by atoms with Crippen LogP contribution in [0.15, 0.2) is 97.1 Å². The Morgan fingerprint density at radius 3 is 0.657 bits per heavy atom. The number of hydrogen-bond acceptors (Lipinski definition) is 1. The fourth-order valence-corrected chi connectivity index (χ4v) is 7.67. The number of halogens is 24. The lowest BCUT2D eigenvalue weighted by atomic mass is 9.12. The van der Waals surface area contributed by atoms with Gasteiger partial charge in [-0.1, -0.05) is 74.5 Å². The van der Waals surface area contributed by atoms with E-state index in [2.05, 4.69) is 38.5 Å². The minimum absolute atomic E-state index is 0.0161. The van der Waals surface area contributed by atoms with Crippen LogP contribution in [-0.2, 0) is 60.6 Å². The normalized spacial score (nSPS) is 13.7. The lowest BCUT2D eigenvalue weighted by molar-refractivity contribution is -0.144. The number of hydrogen-bond donors (Lipinski definition) is 0. The Kier molecular flexibility index (Phi) is 15.8. The van der Waals surface area contributed by atoms with Gasteiger partial charge in [-0.05, 0) is 47.9 Å². The first-order chi connectivity index (χ1) is 31.4. The highest BCUT2D eigenvalue weighted by Crippen LogP contribution is 2.41. The molecule has 0 saturated heterocycles. The van der Waals surface area contributed by atoms with Crippen LogP contribution in [0.4, 0.5) is 105 Å². The van der Waals surface area contributed by atoms with Gasteiger partial charge in [0.05, 0.1) is 44.5 Å². The summed E-state index contributed by atoms with van der Waals surface area (Å²) in [5.41, 5.74) is -28.8. The molecule has 0 atom stereocenters. The van der Waals surface area contributed by atoms with E-state index in [4.69, 9.17) is 4.18 Å². The van der Waals surface area contributed by atoms with Crippen molar-refractivity contribution < 1.29 is 110 Å². The van der Waals surface area contributed by atoms with Crippen LogP contribution >= 0.6 is 0 Å². The topological polar surface area (TPSA) is 9.23 Å². The Labute approximate surface area is 382 Å². The summed E-state index contributed by atoms with van der Waals surface area (Å²) in [5.74, 6) is 1.56. The number of benzene rings is 5. The molecule has 1 nitrogen and oxygen atoms in total. The first kappa shape index (κ1) is 57.2. The van der Waals surface area contributed by atoms with Gasteiger partial charge < -0.3 is 0 Å². The van der Waals surface area contributed by atoms with Crippen LogP contribution < -0.4 is 26.0 Å². The van der Waals surface area contributed by atoms with Crippen molar-refractivity contribution in [1.29, 1.82) is 0 Å². The fourth-order valence-electron chi connectivity index (χ4n) is 7.17. The van der Waals surface area contributed by atoms with Crippen molar-refractivity contribution in [3.63, 3.8) is 0 Å². The number of rotatable bonds is 7. The molecule has 0 aromatic heterocycles. The van der Waals surface area contributed by atoms with Gasteiger partial charge in [0.1, 0.15) is 18.7 Å². The molecule has 0 fully saturated rings. The fraction of sp³-hybridized carbons (Fsp3) is 0.302. The third kappa shape index (κ3) is 13.5. The highest BCUT2D eigenvalue weighted by Gasteiger charge is 2.47. The largest absolute Gasteiger partial charge is 0.416 e. The van der Waals surface area contributed by atoms with E-state index in [-0.39, 0.29) is 11.2 Å². The molecule has 0 N–H and O–H groups in total. The summed E-state index contributed by atoms with van der Waals surface area (Å²) in [5, 5.41) is 0. The van der Waals surface area contributed by atoms with E-state index < -0.39 is 195 Å². The summed E-state index contributed by atoms with van der Waals surface area (Å²) in [7, 11) is 0. The lowest BCUT2D eigenvalue weighted by Gasteiger charge is -2.46. The van der Waals surface area contributed by atoms with E-state index in [0.717, 1.165) is 5.75 Å². The molecule has 0 bridgehead atoms. The Bertz CT molecular complexity index is 2190. The van der Waals surface area contributed by atoms with E-state index in [1.807, 2.05) is 12.1 Å². The smallest absolute Gasteiger partial charge is 0.287 e. The van der Waals surface area contributed by atoms with E-state index >= 15 is 0 Å². The summed E-state index contributed by atoms with van der Waals surface area (Å²) in [6.45, 7) is 4.39. The van der Waals surface area contributed by atoms with E-state index in [1.54, 1.807) is 0 Å². The molecule has 0 aliphatic carbocycles. The average Bonchev–Trinajstić information content (AvgIpc) is 3.18. The molecular formula is C43H29BF24OS. The van der Waals surface area contributed by atoms with Crippen molar-refractivity contribution in [2.24, 2.45) is 0 Å². The maximum absolute atomic E-state index is 14.2. The Hall–Kier alpha value is -5.37. The van der Waals surface area contributed by atoms with Crippen LogP contribution in [0.2, 0.25) is 0 Å². The van der Waals surface area contributed by atoms with Gasteiger partial charge in [-0.25, -0.2) is 0 Å². The van der Waals surface area contributed by atoms with Crippen molar-refractivity contribution in [3.8, 4) is 5.75 Å². The van der Waals surface area contributed by atoms with Crippen LogP contribution in [0.3, 0.4) is 0 Å². The molecule has 0 heterocycles. The first-order valence-corrected chi connectivity index (χ1v) is 21.0. The predicted molar refractivity (Wildman–Crippen MR) is 210 cm³/mol. The Morgan fingerprint density at radius 2 is 0.514 bits per heavy atom. The lowest BCUT2D eigenvalue weighted by Crippen LogP contribution is -2.75. The molecule has 0 saturated carbocycles. The predicted octanol–water partition coefficient (Wildman–Crippen LogP) is 14.2. The molecule has 5 aromatic carbocycles. The molecule has 0 spiro atoms. The van der Waals surface area contributed by atoms with Crippen molar-refractivity contribution >= 4 is 39.2 Å². The zero-order chi connectivity index (χ0) is 53.8. The molecule has 70 heavy (non-hydrogen) atoms. The molecule has 0 radical (unpaired) electrons. The minimum Gasteiger partial charge on any atom is -0.287 e. The number of alkyl halides is 24. The second-order valence-electron chi connectivity index (χ2n) is 15.8. The molecule has 5 rings (SSSR count). The molecule has 384 valence electrons. The van der Waals surface area contributed by atoms with Crippen molar-refractivity contribution in [1.82, 2.24) is 0 Å². The standard InChI is InChI=1S/C32H12BF24.C11H17OS/c34-25(35,36)13-1-14(26(37,38)39)6-21(5-13)33(22-7-15(27(40,41)42)2-16(8-22)28(43,44)45,23-9-17(29(46,47)48)3-18(10-23)30(49,50)51)24-11-19(31(52,53)54)4-20(12-24)32(55,56)57;1-9(2)10-5-7-11(8-6-10)12-13(3)4/h1-12H;5-9H,1-4H3/q-1;+1. The highest BCUT2D eigenvalue weighted by molar-refractivity contribution is 7.91. The van der Waals surface area contributed by atoms with Crippen molar-refractivity contribution in [2.75, 3.05) is 12.5 Å². The molecule has 0 aliphatic heterocycles. The van der Waals surface area contributed by atoms with E-state index in [0.29, 0.717) is 5.92 Å². The van der Waals surface area contributed by atoms with Gasteiger partial charge in [0, 0.05) is 0 Å². The summed E-state index contributed by atoms with van der Waals surface area (Å²) in [6, 6.07) is -0.459. The SMILES string of the molecule is CC(C)c1ccc(O[S+](C)C)cc1.FC(F)(F)c1cc([B-](c2cc(C(F)(F)F)cc(C(F)(F)F)c2)(c2cc(C(F)(F)F)cc(C(F)(F)F)c2)c2cc(C(F)(F)F)cc(C(F)(F)F)c2)cc(C(F)(F)F)c1. The van der Waals surface area contributed by atoms with Gasteiger partial charge in [0.2, 0.25) is 0 Å². The zero-order valence-corrected chi connectivity index (χ0v) is 36.1. The van der Waals surface area contributed by atoms with Crippen LogP contribution in [0, 0.1) is 0 Å². The molecule has 0 amide bonds. The summed E-state index contributed by atoms with van der Waals surface area (Å²) < 4.78 is 346. The van der Waals surface area contributed by atoms with Crippen molar-refractivity contribution in [3.05, 3.63) is 147 Å². The van der Waals surface area contributed by atoms with Crippen molar-refractivity contribution in [2.45, 2.75) is 69.2 Å². The average molecular weight is 1060 g/mol. The quantitative estimate of drug-likeness (QED) is 0.0897. The molecule has 27 heteroatoms. The summed E-state index contributed by atoms with van der Waals surface area (Å²) >= 11 is 0.0161.